The lowest BCUT2D eigenvalue weighted by atomic mass is 10.1. The van der Waals surface area contributed by atoms with Crippen LogP contribution in [0.5, 0.6) is 0 Å². The molecule has 0 saturated carbocycles. The number of hydrogen-bond donors (Lipinski definition) is 1. The van der Waals surface area contributed by atoms with E-state index in [1.165, 1.54) is 11.1 Å². The van der Waals surface area contributed by atoms with E-state index in [0.717, 1.165) is 23.6 Å². The molecule has 0 spiro atoms. The number of fused-ring (bicyclic) bond motifs is 1. The second-order valence-corrected chi connectivity index (χ2v) is 5.20. The summed E-state index contributed by atoms with van der Waals surface area (Å²) in [5, 5.41) is 9.67. The highest BCUT2D eigenvalue weighted by Gasteiger charge is 2.25. The highest BCUT2D eigenvalue weighted by Crippen LogP contribution is 2.36. The largest absolute Gasteiger partial charge is 0.481 e. The summed E-state index contributed by atoms with van der Waals surface area (Å²) in [5.74, 6) is -0.837. The van der Waals surface area contributed by atoms with Gasteiger partial charge in [0.1, 0.15) is 0 Å². The molecule has 1 aromatic heterocycles. The topological polar surface area (TPSA) is 55.1 Å². The third kappa shape index (κ3) is 2.24. The minimum atomic E-state index is -0.837. The van der Waals surface area contributed by atoms with E-state index in [9.17, 15) is 4.79 Å². The fraction of sp³-hybridized carbons (Fsp3) is 0.286. The molecule has 1 aliphatic carbocycles. The second-order valence-electron chi connectivity index (χ2n) is 4.76. The van der Waals surface area contributed by atoms with E-state index in [-0.39, 0.29) is 12.5 Å². The lowest BCUT2D eigenvalue weighted by Gasteiger charge is -2.16. The van der Waals surface area contributed by atoms with Gasteiger partial charge >= 0.3 is 5.97 Å². The average Bonchev–Trinajstić information content (AvgIpc) is 2.93. The Morgan fingerprint density at radius 1 is 1.53 bits per heavy atom. The smallest absolute Gasteiger partial charge is 0.309 e. The maximum atomic E-state index is 10.9. The molecule has 0 radical (unpaired) electrons. The molecule has 1 aromatic carbocycles. The predicted octanol–water partition coefficient (Wildman–Crippen LogP) is 2.70. The van der Waals surface area contributed by atoms with Crippen LogP contribution in [0, 0.1) is 0 Å². The fourth-order valence-electron chi connectivity index (χ4n) is 2.76. The molecule has 3 rings (SSSR count). The number of aliphatic carboxylic acids is 1. The predicted molar refractivity (Wildman–Crippen MR) is 71.5 cm³/mol. The first-order chi connectivity index (χ1) is 9.15. The number of imidazole rings is 1. The Labute approximate surface area is 115 Å². The summed E-state index contributed by atoms with van der Waals surface area (Å²) in [6.07, 6.45) is 5.26. The zero-order valence-electron chi connectivity index (χ0n) is 10.2. The number of carboxylic acid groups (broad SMARTS) is 1. The van der Waals surface area contributed by atoms with Crippen molar-refractivity contribution in [1.82, 2.24) is 9.55 Å². The van der Waals surface area contributed by atoms with Crippen LogP contribution < -0.4 is 0 Å². The second kappa shape index (κ2) is 4.70. The van der Waals surface area contributed by atoms with Gasteiger partial charge in [0.2, 0.25) is 0 Å². The van der Waals surface area contributed by atoms with Gasteiger partial charge in [-0.2, -0.15) is 0 Å². The van der Waals surface area contributed by atoms with Crippen LogP contribution in [0.15, 0.2) is 30.7 Å². The van der Waals surface area contributed by atoms with Crippen molar-refractivity contribution in [3.05, 3.63) is 52.6 Å². The van der Waals surface area contributed by atoms with Gasteiger partial charge in [-0.3, -0.25) is 4.79 Å². The van der Waals surface area contributed by atoms with Crippen molar-refractivity contribution in [2.24, 2.45) is 0 Å². The van der Waals surface area contributed by atoms with Crippen LogP contribution in [0.25, 0.3) is 0 Å². The summed E-state index contributed by atoms with van der Waals surface area (Å²) < 4.78 is 1.97. The van der Waals surface area contributed by atoms with Crippen molar-refractivity contribution in [3.63, 3.8) is 0 Å². The van der Waals surface area contributed by atoms with Crippen molar-refractivity contribution in [2.75, 3.05) is 0 Å². The van der Waals surface area contributed by atoms with Crippen LogP contribution in [0.3, 0.4) is 0 Å². The molecular weight excluding hydrogens is 264 g/mol. The summed E-state index contributed by atoms with van der Waals surface area (Å²) in [4.78, 5) is 14.9. The van der Waals surface area contributed by atoms with Gasteiger partial charge < -0.3 is 9.67 Å². The molecular formula is C14H13ClN2O2. The molecule has 0 bridgehead atoms. The minimum absolute atomic E-state index is 0.000572. The molecule has 98 valence electrons. The number of aryl methyl sites for hydroxylation is 1. The minimum Gasteiger partial charge on any atom is -0.481 e. The molecule has 1 N–H and O–H groups in total. The van der Waals surface area contributed by atoms with Gasteiger partial charge in [0.15, 0.2) is 0 Å². The Bertz CT molecular complexity index is 636. The van der Waals surface area contributed by atoms with Crippen LogP contribution in [-0.2, 0) is 17.6 Å². The first-order valence-electron chi connectivity index (χ1n) is 6.16. The molecule has 19 heavy (non-hydrogen) atoms. The Balaban J connectivity index is 1.98. The monoisotopic (exact) mass is 276 g/mol. The molecule has 1 atom stereocenters. The van der Waals surface area contributed by atoms with E-state index in [1.807, 2.05) is 22.8 Å². The molecule has 1 heterocycles. The number of nitrogens with zero attached hydrogens (tertiary/aromatic N) is 2. The number of hydrogen-bond acceptors (Lipinski definition) is 2. The Morgan fingerprint density at radius 3 is 3.16 bits per heavy atom. The van der Waals surface area contributed by atoms with Gasteiger partial charge in [0.05, 0.1) is 18.8 Å². The summed E-state index contributed by atoms with van der Waals surface area (Å²) in [7, 11) is 0. The van der Waals surface area contributed by atoms with Gasteiger partial charge in [-0.1, -0.05) is 17.7 Å². The number of aromatic nitrogens is 2. The standard InChI is InChI=1S/C14H13ClN2O2/c15-10-2-3-12-9(5-10)1-4-13(12)17-8-16-7-11(17)6-14(18)19/h2-3,5,7-8,13H,1,4,6H2,(H,18,19). The number of benzene rings is 1. The molecule has 0 saturated heterocycles. The number of halogens is 1. The van der Waals surface area contributed by atoms with Crippen molar-refractivity contribution >= 4 is 17.6 Å². The van der Waals surface area contributed by atoms with Gasteiger partial charge in [0.25, 0.3) is 0 Å². The lowest BCUT2D eigenvalue weighted by Crippen LogP contribution is -2.12. The van der Waals surface area contributed by atoms with Gasteiger partial charge in [-0.15, -0.1) is 0 Å². The third-order valence-electron chi connectivity index (χ3n) is 3.57. The van der Waals surface area contributed by atoms with Crippen molar-refractivity contribution in [1.29, 1.82) is 0 Å². The molecule has 2 aromatic rings. The Hall–Kier alpha value is -1.81. The highest BCUT2D eigenvalue weighted by atomic mass is 35.5. The molecule has 0 amide bonds. The maximum absolute atomic E-state index is 10.9. The van der Waals surface area contributed by atoms with E-state index in [1.54, 1.807) is 12.5 Å². The quantitative estimate of drug-likeness (QED) is 0.938. The van der Waals surface area contributed by atoms with Gasteiger partial charge in [-0.05, 0) is 36.1 Å². The molecule has 0 aliphatic heterocycles. The Kier molecular flexibility index (Phi) is 3.03. The van der Waals surface area contributed by atoms with Crippen molar-refractivity contribution < 1.29 is 9.90 Å². The van der Waals surface area contributed by atoms with Crippen LogP contribution in [0.1, 0.15) is 29.3 Å². The first-order valence-corrected chi connectivity index (χ1v) is 6.54. The number of carbonyl (C=O) groups is 1. The van der Waals surface area contributed by atoms with Crippen molar-refractivity contribution in [3.8, 4) is 0 Å². The summed E-state index contributed by atoms with van der Waals surface area (Å²) in [6, 6.07) is 6.07. The van der Waals surface area contributed by atoms with E-state index in [4.69, 9.17) is 16.7 Å². The summed E-state index contributed by atoms with van der Waals surface area (Å²) >= 11 is 6.00. The molecule has 1 aliphatic rings. The Morgan fingerprint density at radius 2 is 2.37 bits per heavy atom. The third-order valence-corrected chi connectivity index (χ3v) is 3.80. The fourth-order valence-corrected chi connectivity index (χ4v) is 2.95. The SMILES string of the molecule is O=C(O)Cc1cncn1C1CCc2cc(Cl)ccc21. The number of carboxylic acids is 1. The summed E-state index contributed by atoms with van der Waals surface area (Å²) in [6.45, 7) is 0. The summed E-state index contributed by atoms with van der Waals surface area (Å²) in [5.41, 5.74) is 3.20. The average molecular weight is 277 g/mol. The van der Waals surface area contributed by atoms with Crippen LogP contribution in [-0.4, -0.2) is 20.6 Å². The van der Waals surface area contributed by atoms with Crippen LogP contribution in [0.2, 0.25) is 5.02 Å². The van der Waals surface area contributed by atoms with E-state index >= 15 is 0 Å². The lowest BCUT2D eigenvalue weighted by molar-refractivity contribution is -0.136. The zero-order chi connectivity index (χ0) is 13.4. The number of rotatable bonds is 3. The molecule has 0 fully saturated rings. The first kappa shape index (κ1) is 12.2. The van der Waals surface area contributed by atoms with E-state index < -0.39 is 5.97 Å². The highest BCUT2D eigenvalue weighted by molar-refractivity contribution is 6.30. The zero-order valence-corrected chi connectivity index (χ0v) is 11.0. The van der Waals surface area contributed by atoms with Gasteiger partial charge in [-0.25, -0.2) is 4.98 Å². The van der Waals surface area contributed by atoms with Crippen LogP contribution >= 0.6 is 11.6 Å². The van der Waals surface area contributed by atoms with Crippen LogP contribution in [0.4, 0.5) is 0 Å². The normalized spacial score (nSPS) is 17.4. The van der Waals surface area contributed by atoms with E-state index in [0.29, 0.717) is 0 Å². The maximum Gasteiger partial charge on any atom is 0.309 e. The molecule has 5 heteroatoms. The molecule has 4 nitrogen and oxygen atoms in total. The van der Waals surface area contributed by atoms with E-state index in [2.05, 4.69) is 4.98 Å². The van der Waals surface area contributed by atoms with Crippen molar-refractivity contribution in [2.45, 2.75) is 25.3 Å². The van der Waals surface area contributed by atoms with Gasteiger partial charge in [0, 0.05) is 16.9 Å². The molecule has 1 unspecified atom stereocenters.